The summed E-state index contributed by atoms with van der Waals surface area (Å²) in [6.45, 7) is 0. The molecule has 0 fully saturated rings. The summed E-state index contributed by atoms with van der Waals surface area (Å²) in [4.78, 5) is 10.8. The Morgan fingerprint density at radius 1 is 1.06 bits per heavy atom. The van der Waals surface area contributed by atoms with Crippen molar-refractivity contribution >= 4 is 29.5 Å². The van der Waals surface area contributed by atoms with E-state index in [1.807, 2.05) is 0 Å². The second-order valence-electron chi connectivity index (χ2n) is 3.48. The fourth-order valence-corrected chi connectivity index (χ4v) is 1.85. The number of hydrogen-bond acceptors (Lipinski definition) is 1. The molecule has 0 radical (unpaired) electrons. The molecule has 0 N–H and O–H groups in total. The molecule has 17 heavy (non-hydrogen) atoms. The molecule has 0 saturated carbocycles. The van der Waals surface area contributed by atoms with Crippen LogP contribution in [0.25, 0.3) is 11.1 Å². The molecule has 86 valence electrons. The van der Waals surface area contributed by atoms with Gasteiger partial charge in [-0.15, -0.1) is 0 Å². The number of rotatable bonds is 2. The van der Waals surface area contributed by atoms with E-state index >= 15 is 0 Å². The van der Waals surface area contributed by atoms with Gasteiger partial charge >= 0.3 is 0 Å². The maximum Gasteiger partial charge on any atom is 0.151 e. The highest BCUT2D eigenvalue weighted by molar-refractivity contribution is 6.33. The van der Waals surface area contributed by atoms with E-state index in [2.05, 4.69) is 0 Å². The molecule has 1 nitrogen and oxygen atoms in total. The lowest BCUT2D eigenvalue weighted by Gasteiger charge is -2.05. The van der Waals surface area contributed by atoms with Crippen LogP contribution in [0.1, 0.15) is 10.4 Å². The number of aldehydes is 1. The molecular formula is C13H7Cl2FO. The van der Waals surface area contributed by atoms with Crippen molar-refractivity contribution in [3.63, 3.8) is 0 Å². The molecule has 2 aromatic carbocycles. The Morgan fingerprint density at radius 3 is 2.47 bits per heavy atom. The van der Waals surface area contributed by atoms with Gasteiger partial charge in [0, 0.05) is 16.1 Å². The predicted molar refractivity (Wildman–Crippen MR) is 67.2 cm³/mol. The van der Waals surface area contributed by atoms with E-state index in [0.29, 0.717) is 33.0 Å². The number of halogens is 3. The van der Waals surface area contributed by atoms with Crippen LogP contribution in [0.5, 0.6) is 0 Å². The first-order chi connectivity index (χ1) is 8.11. The standard InChI is InChI=1S/C13H7Cl2FO/c14-10-2-3-11(13(16)6-10)8-1-4-12(15)9(5-8)7-17/h1-7H. The lowest BCUT2D eigenvalue weighted by atomic mass is 10.0. The summed E-state index contributed by atoms with van der Waals surface area (Å²) in [5.41, 5.74) is 1.30. The molecule has 4 heteroatoms. The average Bonchev–Trinajstić information content (AvgIpc) is 2.30. The van der Waals surface area contributed by atoms with Crippen molar-refractivity contribution in [3.8, 4) is 11.1 Å². The van der Waals surface area contributed by atoms with Crippen LogP contribution in [0.15, 0.2) is 36.4 Å². The zero-order valence-corrected chi connectivity index (χ0v) is 10.1. The minimum atomic E-state index is -0.434. The summed E-state index contributed by atoms with van der Waals surface area (Å²) < 4.78 is 13.7. The van der Waals surface area contributed by atoms with Crippen LogP contribution in [-0.4, -0.2) is 6.29 Å². The van der Waals surface area contributed by atoms with Gasteiger partial charge in [0.1, 0.15) is 5.82 Å². The van der Waals surface area contributed by atoms with E-state index in [0.717, 1.165) is 0 Å². The molecule has 2 rings (SSSR count). The third-order valence-electron chi connectivity index (χ3n) is 2.37. The van der Waals surface area contributed by atoms with Crippen LogP contribution in [0, 0.1) is 5.82 Å². The molecule has 0 aliphatic heterocycles. The van der Waals surface area contributed by atoms with Gasteiger partial charge in [-0.25, -0.2) is 4.39 Å². The number of benzene rings is 2. The Kier molecular flexibility index (Phi) is 3.46. The Labute approximate surface area is 108 Å². The topological polar surface area (TPSA) is 17.1 Å². The van der Waals surface area contributed by atoms with Crippen LogP contribution in [0.4, 0.5) is 4.39 Å². The van der Waals surface area contributed by atoms with Crippen molar-refractivity contribution in [1.82, 2.24) is 0 Å². The Morgan fingerprint density at radius 2 is 1.82 bits per heavy atom. The monoisotopic (exact) mass is 268 g/mol. The van der Waals surface area contributed by atoms with Crippen LogP contribution in [0.3, 0.4) is 0 Å². The van der Waals surface area contributed by atoms with E-state index in [4.69, 9.17) is 23.2 Å². The molecule has 0 saturated heterocycles. The van der Waals surface area contributed by atoms with Crippen LogP contribution < -0.4 is 0 Å². The molecule has 0 amide bonds. The summed E-state index contributed by atoms with van der Waals surface area (Å²) in [7, 11) is 0. The van der Waals surface area contributed by atoms with Gasteiger partial charge in [-0.05, 0) is 35.9 Å². The molecule has 0 unspecified atom stereocenters. The van der Waals surface area contributed by atoms with Crippen molar-refractivity contribution in [1.29, 1.82) is 0 Å². The van der Waals surface area contributed by atoms with Gasteiger partial charge < -0.3 is 0 Å². The number of carbonyl (C=O) groups excluding carboxylic acids is 1. The van der Waals surface area contributed by atoms with E-state index < -0.39 is 5.82 Å². The van der Waals surface area contributed by atoms with Crippen molar-refractivity contribution in [2.75, 3.05) is 0 Å². The van der Waals surface area contributed by atoms with Crippen molar-refractivity contribution in [2.45, 2.75) is 0 Å². The predicted octanol–water partition coefficient (Wildman–Crippen LogP) is 4.61. The summed E-state index contributed by atoms with van der Waals surface area (Å²) in [6.07, 6.45) is 0.639. The number of carbonyl (C=O) groups is 1. The third kappa shape index (κ3) is 2.48. The molecule has 2 aromatic rings. The van der Waals surface area contributed by atoms with Crippen molar-refractivity contribution in [2.24, 2.45) is 0 Å². The van der Waals surface area contributed by atoms with Gasteiger partial charge in [0.05, 0.1) is 5.02 Å². The normalized spacial score (nSPS) is 10.3. The lowest BCUT2D eigenvalue weighted by molar-refractivity contribution is 0.112. The largest absolute Gasteiger partial charge is 0.298 e. The van der Waals surface area contributed by atoms with Gasteiger partial charge in [0.25, 0.3) is 0 Å². The Hall–Kier alpha value is -1.38. The highest BCUT2D eigenvalue weighted by atomic mass is 35.5. The van der Waals surface area contributed by atoms with Gasteiger partial charge in [-0.3, -0.25) is 4.79 Å². The minimum Gasteiger partial charge on any atom is -0.298 e. The molecule has 0 atom stereocenters. The molecular weight excluding hydrogens is 262 g/mol. The molecule has 0 aliphatic rings. The second kappa shape index (κ2) is 4.86. The smallest absolute Gasteiger partial charge is 0.151 e. The summed E-state index contributed by atoms with van der Waals surface area (Å²) in [5, 5.41) is 0.675. The molecule has 0 spiro atoms. The van der Waals surface area contributed by atoms with Gasteiger partial charge in [0.15, 0.2) is 6.29 Å². The fraction of sp³-hybridized carbons (Fsp3) is 0. The maximum atomic E-state index is 13.7. The Balaban J connectivity index is 2.56. The van der Waals surface area contributed by atoms with Crippen molar-refractivity contribution < 1.29 is 9.18 Å². The molecule has 0 heterocycles. The van der Waals surface area contributed by atoms with Gasteiger partial charge in [-0.1, -0.05) is 29.3 Å². The first-order valence-electron chi connectivity index (χ1n) is 4.82. The first-order valence-corrected chi connectivity index (χ1v) is 5.57. The fourth-order valence-electron chi connectivity index (χ4n) is 1.53. The van der Waals surface area contributed by atoms with E-state index in [1.165, 1.54) is 6.07 Å². The zero-order chi connectivity index (χ0) is 12.4. The van der Waals surface area contributed by atoms with E-state index in [1.54, 1.807) is 30.3 Å². The van der Waals surface area contributed by atoms with Crippen molar-refractivity contribution in [3.05, 3.63) is 57.8 Å². The average molecular weight is 269 g/mol. The van der Waals surface area contributed by atoms with Crippen LogP contribution in [-0.2, 0) is 0 Å². The Bertz CT molecular complexity index is 582. The first kappa shape index (κ1) is 12.1. The lowest BCUT2D eigenvalue weighted by Crippen LogP contribution is -1.88. The quantitative estimate of drug-likeness (QED) is 0.727. The highest BCUT2D eigenvalue weighted by Gasteiger charge is 2.08. The summed E-state index contributed by atoms with van der Waals surface area (Å²) >= 11 is 11.5. The van der Waals surface area contributed by atoms with Gasteiger partial charge in [0.2, 0.25) is 0 Å². The zero-order valence-electron chi connectivity index (χ0n) is 8.58. The van der Waals surface area contributed by atoms with Crippen LogP contribution in [0.2, 0.25) is 10.0 Å². The minimum absolute atomic E-state index is 0.329. The highest BCUT2D eigenvalue weighted by Crippen LogP contribution is 2.28. The SMILES string of the molecule is O=Cc1cc(-c2ccc(Cl)cc2F)ccc1Cl. The third-order valence-corrected chi connectivity index (χ3v) is 2.94. The van der Waals surface area contributed by atoms with E-state index in [-0.39, 0.29) is 0 Å². The van der Waals surface area contributed by atoms with Gasteiger partial charge in [-0.2, -0.15) is 0 Å². The maximum absolute atomic E-state index is 13.7. The number of hydrogen-bond donors (Lipinski definition) is 0. The molecule has 0 bridgehead atoms. The van der Waals surface area contributed by atoms with E-state index in [9.17, 15) is 9.18 Å². The summed E-state index contributed by atoms with van der Waals surface area (Å²) in [5.74, 6) is -0.434. The summed E-state index contributed by atoms with van der Waals surface area (Å²) in [6, 6.07) is 9.15. The van der Waals surface area contributed by atoms with Crippen LogP contribution >= 0.6 is 23.2 Å². The molecule has 0 aliphatic carbocycles. The second-order valence-corrected chi connectivity index (χ2v) is 4.32. The molecule has 0 aromatic heterocycles.